The molecule has 3 rings (SSSR count). The highest BCUT2D eigenvalue weighted by Gasteiger charge is 2.40. The molecule has 0 bridgehead atoms. The number of ether oxygens (including phenoxy) is 2. The van der Waals surface area contributed by atoms with Gasteiger partial charge in [-0.05, 0) is 61.8 Å². The average molecular weight is 443 g/mol. The molecule has 1 saturated carbocycles. The van der Waals surface area contributed by atoms with Crippen LogP contribution in [0.1, 0.15) is 79.1 Å². The van der Waals surface area contributed by atoms with Gasteiger partial charge in [0.2, 0.25) is 0 Å². The number of methoxy groups -OCH3 is 2. The van der Waals surface area contributed by atoms with Crippen molar-refractivity contribution in [1.82, 2.24) is 0 Å². The van der Waals surface area contributed by atoms with Crippen LogP contribution in [0.4, 0.5) is 0 Å². The van der Waals surface area contributed by atoms with E-state index in [2.05, 4.69) is 26.8 Å². The fourth-order valence-electron chi connectivity index (χ4n) is 4.74. The predicted octanol–water partition coefficient (Wildman–Crippen LogP) is 6.32. The molecule has 4 nitrogen and oxygen atoms in total. The van der Waals surface area contributed by atoms with E-state index in [1.54, 1.807) is 14.2 Å². The van der Waals surface area contributed by atoms with Crippen molar-refractivity contribution in [1.29, 1.82) is 0 Å². The fourth-order valence-corrected chi connectivity index (χ4v) is 4.74. The lowest BCUT2D eigenvalue weighted by atomic mass is 9.78. The number of allylic oxidation sites excluding steroid dienone is 4. The van der Waals surface area contributed by atoms with E-state index in [-0.39, 0.29) is 22.9 Å². The Morgan fingerprint density at radius 2 is 1.53 bits per heavy atom. The van der Waals surface area contributed by atoms with Crippen LogP contribution in [0.3, 0.4) is 0 Å². The highest BCUT2D eigenvalue weighted by molar-refractivity contribution is 5.94. The van der Waals surface area contributed by atoms with E-state index >= 15 is 0 Å². The van der Waals surface area contributed by atoms with Gasteiger partial charge in [-0.3, -0.25) is 9.59 Å². The largest absolute Gasteiger partial charge is 0.362 e. The molecule has 0 radical (unpaired) electrons. The van der Waals surface area contributed by atoms with Crippen molar-refractivity contribution in [3.05, 3.63) is 48.1 Å². The van der Waals surface area contributed by atoms with Crippen LogP contribution in [0.15, 0.2) is 48.1 Å². The first-order valence-corrected chi connectivity index (χ1v) is 12.0. The van der Waals surface area contributed by atoms with Crippen LogP contribution in [0.25, 0.3) is 0 Å². The first-order valence-electron chi connectivity index (χ1n) is 12.0. The molecule has 0 N–H and O–H groups in total. The minimum absolute atomic E-state index is 0.00577. The molecule has 0 aromatic heterocycles. The Labute approximate surface area is 194 Å². The van der Waals surface area contributed by atoms with Crippen LogP contribution in [0.5, 0.6) is 0 Å². The van der Waals surface area contributed by atoms with Gasteiger partial charge in [-0.15, -0.1) is 0 Å². The van der Waals surface area contributed by atoms with Crippen LogP contribution in [0.2, 0.25) is 0 Å². The fraction of sp³-hybridized carbons (Fsp3) is 0.643. The van der Waals surface area contributed by atoms with Crippen LogP contribution in [-0.2, 0) is 19.1 Å². The summed E-state index contributed by atoms with van der Waals surface area (Å²) in [6, 6.07) is 0. The Kier molecular flexibility index (Phi) is 9.41. The molecule has 4 heteroatoms. The van der Waals surface area contributed by atoms with Crippen molar-refractivity contribution in [3.8, 4) is 0 Å². The minimum Gasteiger partial charge on any atom is -0.362 e. The second-order valence-electron chi connectivity index (χ2n) is 10.4. The van der Waals surface area contributed by atoms with Gasteiger partial charge in [0.05, 0.1) is 0 Å². The van der Waals surface area contributed by atoms with Crippen molar-refractivity contribution in [2.45, 2.75) is 90.3 Å². The topological polar surface area (TPSA) is 52.6 Å². The summed E-state index contributed by atoms with van der Waals surface area (Å²) in [5.41, 5.74) is -0.577. The number of ketones is 2. The molecule has 0 aromatic carbocycles. The molecule has 0 spiro atoms. The van der Waals surface area contributed by atoms with Crippen molar-refractivity contribution >= 4 is 11.6 Å². The molecule has 0 aromatic rings. The van der Waals surface area contributed by atoms with Gasteiger partial charge < -0.3 is 9.47 Å². The molecular formula is C28H42O4. The number of Topliss-reactive ketones (excluding diaryl/α,β-unsaturated/α-hetero) is 2. The van der Waals surface area contributed by atoms with Crippen LogP contribution in [0, 0.1) is 11.3 Å². The number of carbonyl (C=O) groups is 2. The number of carbonyl (C=O) groups excluding carboxylic acids is 2. The second-order valence-corrected chi connectivity index (χ2v) is 10.4. The Balaban J connectivity index is 0.000000227. The zero-order valence-corrected chi connectivity index (χ0v) is 20.9. The Morgan fingerprint density at radius 3 is 2.03 bits per heavy atom. The lowest BCUT2D eigenvalue weighted by Gasteiger charge is -2.33. The van der Waals surface area contributed by atoms with Gasteiger partial charge in [0.25, 0.3) is 0 Å². The summed E-state index contributed by atoms with van der Waals surface area (Å²) in [7, 11) is 3.23. The van der Waals surface area contributed by atoms with E-state index in [1.807, 2.05) is 43.4 Å². The summed E-state index contributed by atoms with van der Waals surface area (Å²) < 4.78 is 11.0. The SMILES string of the molecule is COC1(C(=O)C2CCCCC2)C=CCC=C1.COC1(C(=O)CC(C)(C)C)C=CCC=C1C. The third kappa shape index (κ3) is 6.39. The Bertz CT molecular complexity index is 760. The van der Waals surface area contributed by atoms with Crippen molar-refractivity contribution in [2.75, 3.05) is 14.2 Å². The van der Waals surface area contributed by atoms with E-state index in [4.69, 9.17) is 9.47 Å². The van der Waals surface area contributed by atoms with Crippen LogP contribution in [-0.4, -0.2) is 37.0 Å². The highest BCUT2D eigenvalue weighted by atomic mass is 16.5. The van der Waals surface area contributed by atoms with E-state index in [0.29, 0.717) is 6.42 Å². The standard InChI is InChI=1S/C14H20O2.C14H22O2/c1-16-14(10-6-3-7-11-14)13(15)12-8-4-2-5-9-12;1-11-8-6-7-9-14(11,16-5)12(15)10-13(2,3)4/h6-7,10-12H,2-5,8-9H2,1H3;7-9H,6,10H2,1-5H3. The van der Waals surface area contributed by atoms with Crippen LogP contribution >= 0.6 is 0 Å². The molecule has 3 aliphatic rings. The lowest BCUT2D eigenvalue weighted by Crippen LogP contribution is -2.42. The van der Waals surface area contributed by atoms with Gasteiger partial charge in [0, 0.05) is 26.6 Å². The minimum atomic E-state index is -0.814. The van der Waals surface area contributed by atoms with Crippen molar-refractivity contribution in [2.24, 2.45) is 11.3 Å². The summed E-state index contributed by atoms with van der Waals surface area (Å²) in [6.45, 7) is 8.17. The molecule has 32 heavy (non-hydrogen) atoms. The van der Waals surface area contributed by atoms with Crippen LogP contribution < -0.4 is 0 Å². The maximum atomic E-state index is 12.5. The first kappa shape index (κ1) is 26.5. The molecule has 3 aliphatic carbocycles. The summed E-state index contributed by atoms with van der Waals surface area (Å²) in [4.78, 5) is 24.8. The molecule has 1 fully saturated rings. The summed E-state index contributed by atoms with van der Waals surface area (Å²) in [5, 5.41) is 0. The maximum absolute atomic E-state index is 12.5. The summed E-state index contributed by atoms with van der Waals surface area (Å²) in [6.07, 6.45) is 21.9. The monoisotopic (exact) mass is 442 g/mol. The highest BCUT2D eigenvalue weighted by Crippen LogP contribution is 2.33. The molecule has 1 unspecified atom stereocenters. The molecule has 0 heterocycles. The molecular weight excluding hydrogens is 400 g/mol. The van der Waals surface area contributed by atoms with E-state index in [9.17, 15) is 9.59 Å². The second kappa shape index (κ2) is 11.4. The van der Waals surface area contributed by atoms with E-state index in [1.165, 1.54) is 19.3 Å². The average Bonchev–Trinajstić information content (AvgIpc) is 2.79. The third-order valence-corrected chi connectivity index (χ3v) is 6.63. The third-order valence-electron chi connectivity index (χ3n) is 6.63. The van der Waals surface area contributed by atoms with E-state index < -0.39 is 11.2 Å². The quantitative estimate of drug-likeness (QED) is 0.452. The molecule has 178 valence electrons. The Hall–Kier alpha value is -1.78. The van der Waals surface area contributed by atoms with Gasteiger partial charge in [0.1, 0.15) is 0 Å². The zero-order valence-electron chi connectivity index (χ0n) is 20.9. The van der Waals surface area contributed by atoms with Gasteiger partial charge in [-0.2, -0.15) is 0 Å². The van der Waals surface area contributed by atoms with Gasteiger partial charge >= 0.3 is 0 Å². The lowest BCUT2D eigenvalue weighted by molar-refractivity contribution is -0.137. The normalized spacial score (nSPS) is 25.0. The smallest absolute Gasteiger partial charge is 0.175 e. The van der Waals surface area contributed by atoms with Gasteiger partial charge in [-0.25, -0.2) is 0 Å². The maximum Gasteiger partial charge on any atom is 0.175 e. The predicted molar refractivity (Wildman–Crippen MR) is 131 cm³/mol. The number of hydrogen-bond acceptors (Lipinski definition) is 4. The number of hydrogen-bond donors (Lipinski definition) is 0. The number of rotatable bonds is 6. The van der Waals surface area contributed by atoms with Crippen molar-refractivity contribution in [3.63, 3.8) is 0 Å². The van der Waals surface area contributed by atoms with Crippen molar-refractivity contribution < 1.29 is 19.1 Å². The molecule has 1 atom stereocenters. The molecule has 0 aliphatic heterocycles. The summed E-state index contributed by atoms with van der Waals surface area (Å²) >= 11 is 0. The van der Waals surface area contributed by atoms with E-state index in [0.717, 1.165) is 31.3 Å². The van der Waals surface area contributed by atoms with Gasteiger partial charge in [-0.1, -0.05) is 64.3 Å². The zero-order chi connectivity index (χ0) is 23.8. The Morgan fingerprint density at radius 1 is 0.938 bits per heavy atom. The molecule has 0 saturated heterocycles. The van der Waals surface area contributed by atoms with Gasteiger partial charge in [0.15, 0.2) is 22.8 Å². The first-order chi connectivity index (χ1) is 15.1. The molecule has 0 amide bonds. The summed E-state index contributed by atoms with van der Waals surface area (Å²) in [5.74, 6) is 0.593.